The van der Waals surface area contributed by atoms with Gasteiger partial charge in [0.2, 0.25) is 0 Å². The zero-order valence-electron chi connectivity index (χ0n) is 14.5. The summed E-state index contributed by atoms with van der Waals surface area (Å²) in [5, 5.41) is 9.51. The van der Waals surface area contributed by atoms with Crippen molar-refractivity contribution in [2.24, 2.45) is 0 Å². The normalized spacial score (nSPS) is 13.0. The van der Waals surface area contributed by atoms with Crippen molar-refractivity contribution >= 4 is 23.6 Å². The van der Waals surface area contributed by atoms with Gasteiger partial charge in [-0.05, 0) is 69.7 Å². The van der Waals surface area contributed by atoms with Crippen molar-refractivity contribution < 1.29 is 9.90 Å². The fourth-order valence-electron chi connectivity index (χ4n) is 2.53. The molecule has 0 fully saturated rings. The number of aryl methyl sites for hydroxylation is 2. The van der Waals surface area contributed by atoms with Crippen LogP contribution in [0.3, 0.4) is 0 Å². The van der Waals surface area contributed by atoms with E-state index in [1.165, 1.54) is 11.6 Å². The monoisotopic (exact) mass is 332 g/mol. The van der Waals surface area contributed by atoms with Crippen LogP contribution in [-0.2, 0) is 4.79 Å². The summed E-state index contributed by atoms with van der Waals surface area (Å²) in [7, 11) is 0. The second-order valence-corrected chi connectivity index (χ2v) is 6.39. The van der Waals surface area contributed by atoms with Gasteiger partial charge in [0, 0.05) is 11.1 Å². The van der Waals surface area contributed by atoms with Gasteiger partial charge in [-0.25, -0.2) is 4.79 Å². The van der Waals surface area contributed by atoms with Crippen molar-refractivity contribution in [3.63, 3.8) is 0 Å². The molecule has 0 aromatic heterocycles. The Kier molecular flexibility index (Phi) is 7.31. The van der Waals surface area contributed by atoms with Gasteiger partial charge in [0.15, 0.2) is 0 Å². The molecule has 2 nitrogen and oxygen atoms in total. The first-order chi connectivity index (χ1) is 10.7. The van der Waals surface area contributed by atoms with Crippen LogP contribution in [0, 0.1) is 20.8 Å². The van der Waals surface area contributed by atoms with Crippen molar-refractivity contribution in [1.29, 1.82) is 0 Å². The molecule has 124 valence electrons. The molecular weight excluding hydrogens is 308 g/mol. The Morgan fingerprint density at radius 3 is 2.48 bits per heavy atom. The molecule has 1 rings (SSSR count). The van der Waals surface area contributed by atoms with Gasteiger partial charge in [-0.15, -0.1) is 0 Å². The molecule has 0 atom stereocenters. The predicted octanol–water partition coefficient (Wildman–Crippen LogP) is 6.04. The van der Waals surface area contributed by atoms with E-state index in [-0.39, 0.29) is 0 Å². The molecule has 0 aliphatic heterocycles. The van der Waals surface area contributed by atoms with Crippen LogP contribution < -0.4 is 0 Å². The smallest absolute Gasteiger partial charge is 0.328 e. The lowest BCUT2D eigenvalue weighted by molar-refractivity contribution is -0.131. The van der Waals surface area contributed by atoms with E-state index in [1.54, 1.807) is 0 Å². The lowest BCUT2D eigenvalue weighted by Gasteiger charge is -2.10. The van der Waals surface area contributed by atoms with Crippen LogP contribution in [0.5, 0.6) is 0 Å². The van der Waals surface area contributed by atoms with Crippen molar-refractivity contribution in [3.8, 4) is 0 Å². The van der Waals surface area contributed by atoms with Gasteiger partial charge in [-0.1, -0.05) is 47.0 Å². The summed E-state index contributed by atoms with van der Waals surface area (Å²) < 4.78 is 0. The van der Waals surface area contributed by atoms with Crippen molar-refractivity contribution in [2.75, 3.05) is 0 Å². The zero-order valence-corrected chi connectivity index (χ0v) is 15.3. The summed E-state index contributed by atoms with van der Waals surface area (Å²) in [6.45, 7) is 10.0. The molecule has 0 aliphatic carbocycles. The average Bonchev–Trinajstić information content (AvgIpc) is 2.44. The van der Waals surface area contributed by atoms with Crippen molar-refractivity contribution in [1.82, 2.24) is 0 Å². The van der Waals surface area contributed by atoms with Crippen LogP contribution in [0.15, 0.2) is 35.4 Å². The summed E-state index contributed by atoms with van der Waals surface area (Å²) in [4.78, 5) is 10.6. The Morgan fingerprint density at radius 1 is 1.22 bits per heavy atom. The molecule has 3 heteroatoms. The van der Waals surface area contributed by atoms with E-state index in [0.29, 0.717) is 0 Å². The van der Waals surface area contributed by atoms with E-state index in [4.69, 9.17) is 16.7 Å². The van der Waals surface area contributed by atoms with E-state index >= 15 is 0 Å². The molecule has 23 heavy (non-hydrogen) atoms. The number of carbonyl (C=O) groups is 1. The standard InChI is InChI=1S/C20H25ClO2/c1-13(7-6-8-14(2)11-19(22)23)9-10-18-15(3)12-16(4)20(21)17(18)5/h7,9-12H,6,8H2,1-5H3,(H,22,23)/b10-9+,13-7+,14-11+. The number of halogens is 1. The Hall–Kier alpha value is -1.80. The van der Waals surface area contributed by atoms with Gasteiger partial charge in [0.25, 0.3) is 0 Å². The van der Waals surface area contributed by atoms with Crippen LogP contribution in [0.1, 0.15) is 48.9 Å². The number of hydrogen-bond acceptors (Lipinski definition) is 1. The van der Waals surface area contributed by atoms with E-state index in [9.17, 15) is 4.79 Å². The molecule has 1 aromatic rings. The van der Waals surface area contributed by atoms with Crippen LogP contribution in [0.2, 0.25) is 5.02 Å². The van der Waals surface area contributed by atoms with Gasteiger partial charge in [0.1, 0.15) is 0 Å². The quantitative estimate of drug-likeness (QED) is 0.509. The minimum atomic E-state index is -0.884. The maximum absolute atomic E-state index is 10.6. The van der Waals surface area contributed by atoms with Gasteiger partial charge in [-0.2, -0.15) is 0 Å². The van der Waals surface area contributed by atoms with Gasteiger partial charge in [0.05, 0.1) is 0 Å². The second kappa shape index (κ2) is 8.73. The molecule has 0 saturated carbocycles. The first-order valence-electron chi connectivity index (χ1n) is 7.73. The maximum Gasteiger partial charge on any atom is 0.328 e. The Labute approximate surface area is 144 Å². The molecule has 0 spiro atoms. The first-order valence-corrected chi connectivity index (χ1v) is 8.11. The third-order valence-corrected chi connectivity index (χ3v) is 4.41. The fourth-order valence-corrected chi connectivity index (χ4v) is 2.68. The second-order valence-electron chi connectivity index (χ2n) is 6.01. The average molecular weight is 333 g/mol. The molecule has 0 radical (unpaired) electrons. The van der Waals surface area contributed by atoms with Crippen molar-refractivity contribution in [2.45, 2.75) is 47.5 Å². The van der Waals surface area contributed by atoms with Crippen LogP contribution >= 0.6 is 11.6 Å². The highest BCUT2D eigenvalue weighted by Crippen LogP contribution is 2.27. The van der Waals surface area contributed by atoms with E-state index < -0.39 is 5.97 Å². The van der Waals surface area contributed by atoms with E-state index in [1.807, 2.05) is 27.7 Å². The topological polar surface area (TPSA) is 37.3 Å². The third-order valence-electron chi connectivity index (χ3n) is 3.83. The van der Waals surface area contributed by atoms with E-state index in [2.05, 4.69) is 31.2 Å². The molecular formula is C20H25ClO2. The van der Waals surface area contributed by atoms with Gasteiger partial charge in [-0.3, -0.25) is 0 Å². The molecule has 1 aromatic carbocycles. The lowest BCUT2D eigenvalue weighted by atomic mass is 9.98. The van der Waals surface area contributed by atoms with Crippen LogP contribution in [0.4, 0.5) is 0 Å². The zero-order chi connectivity index (χ0) is 17.6. The molecule has 0 saturated heterocycles. The summed E-state index contributed by atoms with van der Waals surface area (Å²) in [6, 6.07) is 2.11. The van der Waals surface area contributed by atoms with Gasteiger partial charge < -0.3 is 5.11 Å². The molecule has 0 unspecified atom stereocenters. The van der Waals surface area contributed by atoms with E-state index in [0.717, 1.165) is 45.7 Å². The molecule has 0 bridgehead atoms. The largest absolute Gasteiger partial charge is 0.478 e. The third kappa shape index (κ3) is 6.07. The van der Waals surface area contributed by atoms with Crippen LogP contribution in [0.25, 0.3) is 6.08 Å². The number of carboxylic acids is 1. The molecule has 0 aliphatic rings. The maximum atomic E-state index is 10.6. The highest BCUT2D eigenvalue weighted by atomic mass is 35.5. The Bertz CT molecular complexity index is 679. The highest BCUT2D eigenvalue weighted by Gasteiger charge is 2.06. The Morgan fingerprint density at radius 2 is 1.87 bits per heavy atom. The number of aliphatic carboxylic acids is 1. The number of rotatable bonds is 6. The molecule has 1 N–H and O–H groups in total. The molecule has 0 heterocycles. The Balaban J connectivity index is 2.80. The minimum absolute atomic E-state index is 0.756. The minimum Gasteiger partial charge on any atom is -0.478 e. The SMILES string of the molecule is CC(/C=C/c1c(C)cc(C)c(Cl)c1C)=C\CC/C(C)=C/C(=O)O. The summed E-state index contributed by atoms with van der Waals surface area (Å²) in [5.74, 6) is -0.884. The first kappa shape index (κ1) is 19.2. The predicted molar refractivity (Wildman–Crippen MR) is 99.1 cm³/mol. The number of carboxylic acid groups (broad SMARTS) is 1. The summed E-state index contributed by atoms with van der Waals surface area (Å²) in [5.41, 5.74) is 6.62. The number of hydrogen-bond donors (Lipinski definition) is 1. The van der Waals surface area contributed by atoms with Gasteiger partial charge >= 0.3 is 5.97 Å². The van der Waals surface area contributed by atoms with Crippen LogP contribution in [-0.4, -0.2) is 11.1 Å². The summed E-state index contributed by atoms with van der Waals surface area (Å²) >= 11 is 6.33. The van der Waals surface area contributed by atoms with Crippen molar-refractivity contribution in [3.05, 3.63) is 62.7 Å². The number of benzene rings is 1. The fraction of sp³-hybridized carbons (Fsp3) is 0.350. The lowest BCUT2D eigenvalue weighted by Crippen LogP contribution is -1.91. The number of allylic oxidation sites excluding steroid dienone is 4. The summed E-state index contributed by atoms with van der Waals surface area (Å²) in [6.07, 6.45) is 9.15. The molecule has 0 amide bonds. The highest BCUT2D eigenvalue weighted by molar-refractivity contribution is 6.32.